The van der Waals surface area contributed by atoms with E-state index in [1.54, 1.807) is 29.0 Å². The number of benzene rings is 1. The van der Waals surface area contributed by atoms with E-state index in [2.05, 4.69) is 13.2 Å². The average Bonchev–Trinajstić information content (AvgIpc) is 2.69. The average molecular weight is 277 g/mol. The van der Waals surface area contributed by atoms with Gasteiger partial charge in [-0.3, -0.25) is 9.48 Å². The van der Waals surface area contributed by atoms with Crippen LogP contribution in [0.3, 0.4) is 0 Å². The predicted molar refractivity (Wildman–Crippen MR) is 81.0 cm³/mol. The van der Waals surface area contributed by atoms with E-state index in [1.807, 2.05) is 24.6 Å². The lowest BCUT2D eigenvalue weighted by Gasteiger charge is -2.19. The molecule has 1 heterocycles. The highest BCUT2D eigenvalue weighted by Crippen LogP contribution is 2.23. The van der Waals surface area contributed by atoms with Crippen LogP contribution in [0.25, 0.3) is 10.9 Å². The predicted octanol–water partition coefficient (Wildman–Crippen LogP) is 3.95. The molecule has 2 rings (SSSR count). The van der Waals surface area contributed by atoms with Crippen LogP contribution in [0.1, 0.15) is 25.9 Å². The smallest absolute Gasteiger partial charge is 0.275 e. The van der Waals surface area contributed by atoms with Gasteiger partial charge >= 0.3 is 0 Å². The second-order valence-electron chi connectivity index (χ2n) is 4.61. The van der Waals surface area contributed by atoms with Gasteiger partial charge in [0.05, 0.1) is 23.0 Å². The number of allylic oxidation sites excluding steroid dienone is 2. The van der Waals surface area contributed by atoms with Crippen molar-refractivity contribution in [1.29, 1.82) is 0 Å². The Morgan fingerprint density at radius 3 is 2.32 bits per heavy atom. The molecule has 100 valence electrons. The second-order valence-corrected chi connectivity index (χ2v) is 5.04. The molecule has 0 fully saturated rings. The first-order valence-corrected chi connectivity index (χ1v) is 6.56. The van der Waals surface area contributed by atoms with E-state index in [0.29, 0.717) is 10.4 Å². The van der Waals surface area contributed by atoms with Crippen LogP contribution in [0.15, 0.2) is 48.3 Å². The zero-order valence-electron chi connectivity index (χ0n) is 11.1. The van der Waals surface area contributed by atoms with E-state index in [-0.39, 0.29) is 17.6 Å². The van der Waals surface area contributed by atoms with Gasteiger partial charge in [0, 0.05) is 5.02 Å². The molecule has 1 aromatic heterocycles. The van der Waals surface area contributed by atoms with Gasteiger partial charge in [-0.05, 0) is 32.0 Å². The maximum absolute atomic E-state index is 12.5. The number of aromatic nitrogens is 2. The van der Waals surface area contributed by atoms with Gasteiger partial charge in [0.2, 0.25) is 0 Å². The highest BCUT2D eigenvalue weighted by Gasteiger charge is 2.18. The third-order valence-electron chi connectivity index (χ3n) is 3.33. The lowest BCUT2D eigenvalue weighted by Crippen LogP contribution is -2.26. The minimum atomic E-state index is -0.0962. The van der Waals surface area contributed by atoms with Crippen LogP contribution in [0.5, 0.6) is 0 Å². The van der Waals surface area contributed by atoms with Gasteiger partial charge in [0.1, 0.15) is 0 Å². The Balaban J connectivity index is 2.93. The molecule has 0 bridgehead atoms. The van der Waals surface area contributed by atoms with E-state index in [4.69, 9.17) is 11.6 Å². The molecule has 0 aliphatic rings. The summed E-state index contributed by atoms with van der Waals surface area (Å²) in [6.07, 6.45) is 3.54. The molecule has 0 radical (unpaired) electrons. The first kappa shape index (κ1) is 13.7. The third-order valence-corrected chi connectivity index (χ3v) is 3.57. The van der Waals surface area contributed by atoms with Crippen LogP contribution >= 0.6 is 11.6 Å². The summed E-state index contributed by atoms with van der Waals surface area (Å²) >= 11 is 6.04. The van der Waals surface area contributed by atoms with Crippen molar-refractivity contribution in [2.24, 2.45) is 0 Å². The van der Waals surface area contributed by atoms with Crippen LogP contribution in [-0.2, 0) is 0 Å². The zero-order valence-corrected chi connectivity index (χ0v) is 11.9. The summed E-state index contributed by atoms with van der Waals surface area (Å²) in [6.45, 7) is 11.5. The van der Waals surface area contributed by atoms with Crippen LogP contribution in [0.4, 0.5) is 0 Å². The topological polar surface area (TPSA) is 26.9 Å². The molecule has 2 aromatic rings. The molecule has 2 atom stereocenters. The van der Waals surface area contributed by atoms with Gasteiger partial charge in [-0.25, -0.2) is 4.68 Å². The zero-order chi connectivity index (χ0) is 14.2. The minimum Gasteiger partial charge on any atom is -0.275 e. The fraction of sp³-hybridized carbons (Fsp3) is 0.267. The minimum absolute atomic E-state index is 0.00827. The summed E-state index contributed by atoms with van der Waals surface area (Å²) in [5, 5.41) is 1.27. The quantitative estimate of drug-likeness (QED) is 0.777. The number of hydrogen-bond donors (Lipinski definition) is 0. The highest BCUT2D eigenvalue weighted by molar-refractivity contribution is 6.31. The molecule has 0 amide bonds. The van der Waals surface area contributed by atoms with E-state index in [0.717, 1.165) is 5.52 Å². The fourth-order valence-electron chi connectivity index (χ4n) is 2.21. The Morgan fingerprint density at radius 2 is 1.74 bits per heavy atom. The summed E-state index contributed by atoms with van der Waals surface area (Å²) in [5.74, 6) is 0. The second kappa shape index (κ2) is 5.10. The van der Waals surface area contributed by atoms with Crippen LogP contribution in [-0.4, -0.2) is 9.36 Å². The van der Waals surface area contributed by atoms with E-state index in [9.17, 15) is 4.79 Å². The summed E-state index contributed by atoms with van der Waals surface area (Å²) < 4.78 is 3.61. The molecule has 0 saturated carbocycles. The monoisotopic (exact) mass is 276 g/mol. The Labute approximate surface area is 117 Å². The lowest BCUT2D eigenvalue weighted by atomic mass is 10.2. The number of hydrogen-bond acceptors (Lipinski definition) is 1. The summed E-state index contributed by atoms with van der Waals surface area (Å²) in [7, 11) is 0. The first-order chi connectivity index (χ1) is 9.01. The van der Waals surface area contributed by atoms with Crippen molar-refractivity contribution in [2.75, 3.05) is 0 Å². The van der Waals surface area contributed by atoms with Crippen molar-refractivity contribution >= 4 is 22.5 Å². The van der Waals surface area contributed by atoms with Crippen molar-refractivity contribution in [3.05, 3.63) is 58.9 Å². The maximum Gasteiger partial charge on any atom is 0.275 e. The van der Waals surface area contributed by atoms with Crippen LogP contribution in [0.2, 0.25) is 5.02 Å². The molecule has 19 heavy (non-hydrogen) atoms. The normalized spacial score (nSPS) is 14.3. The Morgan fingerprint density at radius 1 is 1.16 bits per heavy atom. The summed E-state index contributed by atoms with van der Waals surface area (Å²) in [5.41, 5.74) is 0.784. The van der Waals surface area contributed by atoms with E-state index < -0.39 is 0 Å². The van der Waals surface area contributed by atoms with Crippen LogP contribution < -0.4 is 5.56 Å². The highest BCUT2D eigenvalue weighted by atomic mass is 35.5. The Hall–Kier alpha value is -1.74. The molecule has 0 aliphatic heterocycles. The number of halogens is 1. The lowest BCUT2D eigenvalue weighted by molar-refractivity contribution is 0.418. The molecule has 4 heteroatoms. The first-order valence-electron chi connectivity index (χ1n) is 6.18. The van der Waals surface area contributed by atoms with Crippen molar-refractivity contribution in [3.63, 3.8) is 0 Å². The molecule has 0 aliphatic carbocycles. The van der Waals surface area contributed by atoms with Gasteiger partial charge in [-0.1, -0.05) is 23.8 Å². The van der Waals surface area contributed by atoms with Crippen molar-refractivity contribution in [3.8, 4) is 0 Å². The largest absolute Gasteiger partial charge is 0.275 e. The van der Waals surface area contributed by atoms with Gasteiger partial charge in [-0.2, -0.15) is 0 Å². The number of nitrogens with zero attached hydrogens (tertiary/aromatic N) is 2. The number of rotatable bonds is 4. The van der Waals surface area contributed by atoms with E-state index >= 15 is 0 Å². The standard InChI is InChI=1S/C15H17ClN2O/c1-5-10(3)17-14-9-12(16)7-8-13(14)15(19)18(17)11(4)6-2/h5-11H,1-2H2,3-4H3. The maximum atomic E-state index is 12.5. The molecule has 2 unspecified atom stereocenters. The molecule has 0 saturated heterocycles. The molecule has 3 nitrogen and oxygen atoms in total. The molecular weight excluding hydrogens is 260 g/mol. The third kappa shape index (κ3) is 2.15. The van der Waals surface area contributed by atoms with Crippen molar-refractivity contribution in [1.82, 2.24) is 9.36 Å². The molecule has 0 N–H and O–H groups in total. The van der Waals surface area contributed by atoms with Crippen molar-refractivity contribution < 1.29 is 0 Å². The van der Waals surface area contributed by atoms with Gasteiger partial charge < -0.3 is 0 Å². The van der Waals surface area contributed by atoms with Gasteiger partial charge in [-0.15, -0.1) is 13.2 Å². The Bertz CT molecular complexity index is 696. The van der Waals surface area contributed by atoms with Gasteiger partial charge in [0.25, 0.3) is 5.56 Å². The molecule has 0 spiro atoms. The fourth-order valence-corrected chi connectivity index (χ4v) is 2.38. The van der Waals surface area contributed by atoms with Gasteiger partial charge in [0.15, 0.2) is 0 Å². The molecule has 1 aromatic carbocycles. The van der Waals surface area contributed by atoms with Crippen molar-refractivity contribution in [2.45, 2.75) is 25.9 Å². The summed E-state index contributed by atoms with van der Waals surface area (Å²) in [4.78, 5) is 12.5. The number of fused-ring (bicyclic) bond motifs is 1. The van der Waals surface area contributed by atoms with Crippen LogP contribution in [0, 0.1) is 0 Å². The van der Waals surface area contributed by atoms with E-state index in [1.165, 1.54) is 0 Å². The summed E-state index contributed by atoms with van der Waals surface area (Å²) in [6, 6.07) is 5.20. The Kier molecular flexibility index (Phi) is 3.67. The SMILES string of the molecule is C=CC(C)n1c(=O)c2ccc(Cl)cc2n1C(C)C=C. The molecular formula is C15H17ClN2O.